The molecule has 1 aromatic heterocycles. The zero-order valence-electron chi connectivity index (χ0n) is 12.5. The minimum absolute atomic E-state index is 0.235. The van der Waals surface area contributed by atoms with Crippen molar-refractivity contribution >= 4 is 28.9 Å². The fraction of sp³-hybridized carbons (Fsp3) is 0.250. The van der Waals surface area contributed by atoms with Gasteiger partial charge in [0, 0.05) is 26.3 Å². The molecular weight excluding hydrogens is 300 g/mol. The molecule has 2 rings (SSSR count). The first-order valence-corrected chi connectivity index (χ1v) is 7.75. The maximum absolute atomic E-state index is 12.0. The van der Waals surface area contributed by atoms with E-state index in [1.54, 1.807) is 48.5 Å². The molecule has 2 aromatic rings. The molecule has 5 nitrogen and oxygen atoms in total. The zero-order valence-corrected chi connectivity index (χ0v) is 13.4. The Balaban J connectivity index is 1.89. The smallest absolute Gasteiger partial charge is 0.340 e. The number of likely N-dealkylation sites (N-methyl/N-ethyl adjacent to an activating group) is 1. The molecule has 0 aliphatic rings. The molecule has 0 saturated carbocycles. The number of carbonyl (C=O) groups is 2. The van der Waals surface area contributed by atoms with E-state index in [-0.39, 0.29) is 12.5 Å². The topological polar surface area (TPSA) is 58.6 Å². The number of anilines is 1. The number of hydrogen-bond donors (Lipinski definition) is 1. The number of ether oxygens (including phenoxy) is 1. The van der Waals surface area contributed by atoms with E-state index in [1.165, 1.54) is 0 Å². The Bertz CT molecular complexity index is 641. The third kappa shape index (κ3) is 4.08. The lowest BCUT2D eigenvalue weighted by Crippen LogP contribution is -2.30. The highest BCUT2D eigenvalue weighted by Crippen LogP contribution is 2.15. The van der Waals surface area contributed by atoms with Crippen molar-refractivity contribution in [1.82, 2.24) is 4.90 Å². The van der Waals surface area contributed by atoms with E-state index in [2.05, 4.69) is 5.32 Å². The second-order valence-corrected chi connectivity index (χ2v) is 5.53. The van der Waals surface area contributed by atoms with Crippen LogP contribution < -0.4 is 5.32 Å². The molecule has 0 unspecified atom stereocenters. The van der Waals surface area contributed by atoms with Crippen LogP contribution >= 0.6 is 11.3 Å². The van der Waals surface area contributed by atoms with Gasteiger partial charge in [0.05, 0.1) is 5.56 Å². The van der Waals surface area contributed by atoms with E-state index in [0.717, 1.165) is 5.56 Å². The Morgan fingerprint density at radius 2 is 2.05 bits per heavy atom. The SMILES string of the molecule is CNc1ccccc1C(=O)OCC(=O)N(C)Cc1ccsc1. The summed E-state index contributed by atoms with van der Waals surface area (Å²) in [5.74, 6) is -0.747. The fourth-order valence-electron chi connectivity index (χ4n) is 1.94. The van der Waals surface area contributed by atoms with Gasteiger partial charge in [-0.15, -0.1) is 0 Å². The second-order valence-electron chi connectivity index (χ2n) is 4.75. The van der Waals surface area contributed by atoms with Gasteiger partial charge in [-0.05, 0) is 34.5 Å². The van der Waals surface area contributed by atoms with E-state index in [9.17, 15) is 9.59 Å². The number of benzene rings is 1. The molecule has 0 aliphatic heterocycles. The molecular formula is C16H18N2O3S. The summed E-state index contributed by atoms with van der Waals surface area (Å²) in [5.41, 5.74) is 2.15. The Morgan fingerprint density at radius 1 is 1.27 bits per heavy atom. The molecule has 1 heterocycles. The van der Waals surface area contributed by atoms with Gasteiger partial charge in [-0.25, -0.2) is 4.79 Å². The Morgan fingerprint density at radius 3 is 2.73 bits per heavy atom. The molecule has 0 aliphatic carbocycles. The molecule has 0 atom stereocenters. The number of thiophene rings is 1. The van der Waals surface area contributed by atoms with Crippen LogP contribution in [0.4, 0.5) is 5.69 Å². The zero-order chi connectivity index (χ0) is 15.9. The summed E-state index contributed by atoms with van der Waals surface area (Å²) in [6.45, 7) is 0.241. The summed E-state index contributed by atoms with van der Waals surface area (Å²) < 4.78 is 5.11. The summed E-state index contributed by atoms with van der Waals surface area (Å²) in [6, 6.07) is 8.97. The Kier molecular flexibility index (Phi) is 5.55. The van der Waals surface area contributed by atoms with Crippen molar-refractivity contribution in [2.75, 3.05) is 26.0 Å². The van der Waals surface area contributed by atoms with Crippen LogP contribution in [0.25, 0.3) is 0 Å². The van der Waals surface area contributed by atoms with Gasteiger partial charge in [-0.1, -0.05) is 12.1 Å². The molecule has 0 spiro atoms. The lowest BCUT2D eigenvalue weighted by molar-refractivity contribution is -0.133. The van der Waals surface area contributed by atoms with Crippen molar-refractivity contribution in [1.29, 1.82) is 0 Å². The van der Waals surface area contributed by atoms with E-state index >= 15 is 0 Å². The molecule has 1 aromatic carbocycles. The van der Waals surface area contributed by atoms with Gasteiger partial charge in [-0.3, -0.25) is 4.79 Å². The van der Waals surface area contributed by atoms with E-state index in [4.69, 9.17) is 4.74 Å². The van der Waals surface area contributed by atoms with Crippen molar-refractivity contribution in [3.05, 3.63) is 52.2 Å². The highest BCUT2D eigenvalue weighted by molar-refractivity contribution is 7.07. The first kappa shape index (κ1) is 16.0. The number of amides is 1. The van der Waals surface area contributed by atoms with Crippen LogP contribution in [-0.4, -0.2) is 37.5 Å². The number of nitrogens with one attached hydrogen (secondary N) is 1. The molecule has 6 heteroatoms. The predicted molar refractivity (Wildman–Crippen MR) is 87.1 cm³/mol. The number of para-hydroxylation sites is 1. The minimum Gasteiger partial charge on any atom is -0.452 e. The van der Waals surface area contributed by atoms with Gasteiger partial charge >= 0.3 is 5.97 Å². The van der Waals surface area contributed by atoms with E-state index in [1.807, 2.05) is 22.9 Å². The van der Waals surface area contributed by atoms with Crippen molar-refractivity contribution in [2.24, 2.45) is 0 Å². The second kappa shape index (κ2) is 7.61. The van der Waals surface area contributed by atoms with E-state index < -0.39 is 5.97 Å². The lowest BCUT2D eigenvalue weighted by atomic mass is 10.2. The third-order valence-electron chi connectivity index (χ3n) is 3.17. The normalized spacial score (nSPS) is 10.1. The van der Waals surface area contributed by atoms with Crippen molar-refractivity contribution in [3.63, 3.8) is 0 Å². The maximum atomic E-state index is 12.0. The number of hydrogen-bond acceptors (Lipinski definition) is 5. The summed E-state index contributed by atoms with van der Waals surface area (Å²) in [5, 5.41) is 6.87. The Hall–Kier alpha value is -2.34. The molecule has 1 N–H and O–H groups in total. The standard InChI is InChI=1S/C16H18N2O3S/c1-17-14-6-4-3-5-13(14)16(20)21-10-15(19)18(2)9-12-7-8-22-11-12/h3-8,11,17H,9-10H2,1-2H3. The predicted octanol–water partition coefficient (Wildman–Crippen LogP) is 2.61. The number of esters is 1. The van der Waals surface area contributed by atoms with Crippen LogP contribution in [0.15, 0.2) is 41.1 Å². The largest absolute Gasteiger partial charge is 0.452 e. The minimum atomic E-state index is -0.512. The van der Waals surface area contributed by atoms with Gasteiger partial charge in [-0.2, -0.15) is 11.3 Å². The average Bonchev–Trinajstić information content (AvgIpc) is 3.05. The summed E-state index contributed by atoms with van der Waals surface area (Å²) in [4.78, 5) is 25.6. The molecule has 0 radical (unpaired) electrons. The average molecular weight is 318 g/mol. The molecule has 0 fully saturated rings. The van der Waals surface area contributed by atoms with Gasteiger partial charge in [0.2, 0.25) is 0 Å². The number of carbonyl (C=O) groups excluding carboxylic acids is 2. The van der Waals surface area contributed by atoms with Crippen LogP contribution in [0.5, 0.6) is 0 Å². The summed E-state index contributed by atoms with van der Waals surface area (Å²) in [7, 11) is 3.42. The van der Waals surface area contributed by atoms with Gasteiger partial charge in [0.15, 0.2) is 6.61 Å². The molecule has 0 saturated heterocycles. The highest BCUT2D eigenvalue weighted by Gasteiger charge is 2.15. The van der Waals surface area contributed by atoms with Crippen molar-refractivity contribution < 1.29 is 14.3 Å². The van der Waals surface area contributed by atoms with Gasteiger partial charge in [0.25, 0.3) is 5.91 Å². The monoisotopic (exact) mass is 318 g/mol. The third-order valence-corrected chi connectivity index (χ3v) is 3.90. The van der Waals surface area contributed by atoms with Crippen LogP contribution in [0.1, 0.15) is 15.9 Å². The first-order valence-electron chi connectivity index (χ1n) is 6.80. The lowest BCUT2D eigenvalue weighted by Gasteiger charge is -2.16. The molecule has 0 bridgehead atoms. The fourth-order valence-corrected chi connectivity index (χ4v) is 2.60. The van der Waals surface area contributed by atoms with E-state index in [0.29, 0.717) is 17.8 Å². The molecule has 116 valence electrons. The van der Waals surface area contributed by atoms with Crippen LogP contribution in [0, 0.1) is 0 Å². The summed E-state index contributed by atoms with van der Waals surface area (Å²) >= 11 is 1.58. The van der Waals surface area contributed by atoms with Crippen molar-refractivity contribution in [2.45, 2.75) is 6.54 Å². The first-order chi connectivity index (χ1) is 10.6. The molecule has 22 heavy (non-hydrogen) atoms. The highest BCUT2D eigenvalue weighted by atomic mass is 32.1. The number of nitrogens with zero attached hydrogens (tertiary/aromatic N) is 1. The quantitative estimate of drug-likeness (QED) is 0.832. The van der Waals surface area contributed by atoms with Crippen molar-refractivity contribution in [3.8, 4) is 0 Å². The van der Waals surface area contributed by atoms with Crippen LogP contribution in [0.3, 0.4) is 0 Å². The van der Waals surface area contributed by atoms with Gasteiger partial charge in [0.1, 0.15) is 0 Å². The summed E-state index contributed by atoms with van der Waals surface area (Å²) in [6.07, 6.45) is 0. The number of rotatable bonds is 6. The Labute approximate surface area is 133 Å². The maximum Gasteiger partial charge on any atom is 0.340 e. The van der Waals surface area contributed by atoms with Crippen LogP contribution in [0.2, 0.25) is 0 Å². The van der Waals surface area contributed by atoms with Gasteiger partial charge < -0.3 is 15.0 Å². The van der Waals surface area contributed by atoms with Crippen LogP contribution in [-0.2, 0) is 16.1 Å². The molecule has 1 amide bonds.